The number of Topliss-reactive ketones (excluding diaryl/α,β-unsaturated/α-hetero) is 1. The number of aromatic nitrogens is 1. The van der Waals surface area contributed by atoms with Gasteiger partial charge in [-0.15, -0.1) is 0 Å². The number of ketones is 1. The summed E-state index contributed by atoms with van der Waals surface area (Å²) in [6.45, 7) is 5.67. The molecule has 0 saturated heterocycles. The minimum absolute atomic E-state index is 0.248. The number of carbonyl (C=O) groups is 1. The number of likely N-dealkylation sites (N-methyl/N-ethyl adjacent to an activating group) is 1. The fraction of sp³-hybridized carbons (Fsp3) is 0.667. The van der Waals surface area contributed by atoms with E-state index in [9.17, 15) is 4.79 Å². The number of carbonyl (C=O) groups excluding carboxylic acids is 1. The van der Waals surface area contributed by atoms with Gasteiger partial charge in [0.25, 0.3) is 0 Å². The van der Waals surface area contributed by atoms with Crippen molar-refractivity contribution in [2.45, 2.75) is 33.1 Å². The van der Waals surface area contributed by atoms with E-state index < -0.39 is 0 Å². The lowest BCUT2D eigenvalue weighted by Crippen LogP contribution is -2.33. The lowest BCUT2D eigenvalue weighted by atomic mass is 9.85. The molecule has 0 spiro atoms. The van der Waals surface area contributed by atoms with Crippen LogP contribution in [0, 0.1) is 19.8 Å². The first-order valence-electron chi connectivity index (χ1n) is 6.83. The van der Waals surface area contributed by atoms with Gasteiger partial charge in [-0.25, -0.2) is 0 Å². The molecule has 0 aromatic carbocycles. The van der Waals surface area contributed by atoms with Crippen molar-refractivity contribution in [3.05, 3.63) is 23.0 Å². The summed E-state index contributed by atoms with van der Waals surface area (Å²) in [5.74, 6) is 1.07. The molecule has 0 atom stereocenters. The highest BCUT2D eigenvalue weighted by Crippen LogP contribution is 2.26. The number of aryl methyl sites for hydroxylation is 1. The van der Waals surface area contributed by atoms with E-state index in [1.165, 1.54) is 19.3 Å². The van der Waals surface area contributed by atoms with Gasteiger partial charge in [-0.3, -0.25) is 9.69 Å². The van der Waals surface area contributed by atoms with Gasteiger partial charge in [0.2, 0.25) is 0 Å². The first-order chi connectivity index (χ1) is 8.49. The Kier molecular flexibility index (Phi) is 3.91. The molecule has 0 aliphatic heterocycles. The Balaban J connectivity index is 1.95. The zero-order valence-electron chi connectivity index (χ0n) is 12.0. The zero-order chi connectivity index (χ0) is 13.3. The third-order valence-corrected chi connectivity index (χ3v) is 4.28. The molecule has 0 radical (unpaired) electrons. The second kappa shape index (κ2) is 5.27. The molecule has 0 bridgehead atoms. The first-order valence-corrected chi connectivity index (χ1v) is 6.83. The van der Waals surface area contributed by atoms with Crippen LogP contribution in [0.25, 0.3) is 0 Å². The smallest absolute Gasteiger partial charge is 0.178 e. The van der Waals surface area contributed by atoms with Crippen molar-refractivity contribution in [3.63, 3.8) is 0 Å². The van der Waals surface area contributed by atoms with Crippen molar-refractivity contribution < 1.29 is 4.79 Å². The highest BCUT2D eigenvalue weighted by atomic mass is 16.1. The zero-order valence-corrected chi connectivity index (χ0v) is 12.0. The van der Waals surface area contributed by atoms with Crippen molar-refractivity contribution in [2.75, 3.05) is 20.1 Å². The maximum Gasteiger partial charge on any atom is 0.178 e. The van der Waals surface area contributed by atoms with Gasteiger partial charge in [-0.05, 0) is 45.7 Å². The summed E-state index contributed by atoms with van der Waals surface area (Å²) in [4.78, 5) is 14.4. The lowest BCUT2D eigenvalue weighted by molar-refractivity contribution is 0.0924. The molecule has 0 unspecified atom stereocenters. The highest BCUT2D eigenvalue weighted by Gasteiger charge is 2.21. The minimum Gasteiger partial charge on any atom is -0.351 e. The summed E-state index contributed by atoms with van der Waals surface area (Å²) in [5, 5.41) is 0. The van der Waals surface area contributed by atoms with Crippen LogP contribution in [0.3, 0.4) is 0 Å². The van der Waals surface area contributed by atoms with Crippen molar-refractivity contribution in [1.29, 1.82) is 0 Å². The maximum absolute atomic E-state index is 12.3. The first kappa shape index (κ1) is 13.3. The molecule has 2 rings (SSSR count). The molecular formula is C15H24N2O. The van der Waals surface area contributed by atoms with E-state index in [0.29, 0.717) is 6.54 Å². The molecular weight excluding hydrogens is 224 g/mol. The third-order valence-electron chi connectivity index (χ3n) is 4.28. The van der Waals surface area contributed by atoms with Crippen LogP contribution >= 0.6 is 0 Å². The number of nitrogens with zero attached hydrogens (tertiary/aromatic N) is 2. The molecule has 3 nitrogen and oxygen atoms in total. The monoisotopic (exact) mass is 248 g/mol. The normalized spacial score (nSPS) is 16.1. The molecule has 1 aromatic heterocycles. The van der Waals surface area contributed by atoms with Crippen molar-refractivity contribution in [1.82, 2.24) is 9.47 Å². The van der Waals surface area contributed by atoms with Gasteiger partial charge in [0.15, 0.2) is 5.78 Å². The van der Waals surface area contributed by atoms with Crippen LogP contribution < -0.4 is 0 Å². The predicted octanol–water partition coefficient (Wildman–Crippen LogP) is 2.56. The van der Waals surface area contributed by atoms with Crippen molar-refractivity contribution in [3.8, 4) is 0 Å². The standard InChI is InChI=1S/C15H24N2O/c1-11-8-14(12(2)17(11)4)15(18)10-16(3)9-13-6-5-7-13/h8,13H,5-7,9-10H2,1-4H3. The Hall–Kier alpha value is -1.09. The molecule has 1 aliphatic rings. The van der Waals surface area contributed by atoms with E-state index in [0.717, 1.165) is 29.4 Å². The van der Waals surface area contributed by atoms with Gasteiger partial charge in [0.1, 0.15) is 0 Å². The van der Waals surface area contributed by atoms with Gasteiger partial charge < -0.3 is 4.57 Å². The fourth-order valence-corrected chi connectivity index (χ4v) is 2.65. The topological polar surface area (TPSA) is 25.2 Å². The number of rotatable bonds is 5. The summed E-state index contributed by atoms with van der Waals surface area (Å²) in [6, 6.07) is 2.01. The van der Waals surface area contributed by atoms with Crippen LogP contribution in [-0.4, -0.2) is 35.4 Å². The molecule has 18 heavy (non-hydrogen) atoms. The summed E-state index contributed by atoms with van der Waals surface area (Å²) in [6.07, 6.45) is 4.04. The van der Waals surface area contributed by atoms with E-state index in [1.807, 2.05) is 27.0 Å². The van der Waals surface area contributed by atoms with Crippen molar-refractivity contribution >= 4 is 5.78 Å². The van der Waals surface area contributed by atoms with Crippen LogP contribution in [0.15, 0.2) is 6.07 Å². The molecule has 1 saturated carbocycles. The Morgan fingerprint density at radius 3 is 2.56 bits per heavy atom. The Bertz CT molecular complexity index is 444. The van der Waals surface area contributed by atoms with Gasteiger partial charge in [0, 0.05) is 30.5 Å². The lowest BCUT2D eigenvalue weighted by Gasteiger charge is -2.29. The molecule has 1 aliphatic carbocycles. The summed E-state index contributed by atoms with van der Waals surface area (Å²) >= 11 is 0. The van der Waals surface area contributed by atoms with Crippen LogP contribution in [-0.2, 0) is 7.05 Å². The third kappa shape index (κ3) is 2.66. The quantitative estimate of drug-likeness (QED) is 0.748. The van der Waals surface area contributed by atoms with E-state index in [2.05, 4.69) is 16.5 Å². The van der Waals surface area contributed by atoms with Crippen LogP contribution in [0.2, 0.25) is 0 Å². The molecule has 1 aromatic rings. The number of hydrogen-bond donors (Lipinski definition) is 0. The second-order valence-electron chi connectivity index (χ2n) is 5.76. The molecule has 1 heterocycles. The molecule has 0 N–H and O–H groups in total. The van der Waals surface area contributed by atoms with Gasteiger partial charge in [-0.2, -0.15) is 0 Å². The van der Waals surface area contributed by atoms with E-state index in [-0.39, 0.29) is 5.78 Å². The summed E-state index contributed by atoms with van der Waals surface area (Å²) in [5.41, 5.74) is 3.11. The Labute approximate surface area is 110 Å². The highest BCUT2D eigenvalue weighted by molar-refractivity contribution is 5.99. The average Bonchev–Trinajstić information content (AvgIpc) is 2.51. The van der Waals surface area contributed by atoms with Gasteiger partial charge >= 0.3 is 0 Å². The molecule has 100 valence electrons. The maximum atomic E-state index is 12.3. The number of hydrogen-bond acceptors (Lipinski definition) is 2. The van der Waals surface area contributed by atoms with Crippen LogP contribution in [0.5, 0.6) is 0 Å². The van der Waals surface area contributed by atoms with Crippen molar-refractivity contribution in [2.24, 2.45) is 13.0 Å². The fourth-order valence-electron chi connectivity index (χ4n) is 2.65. The summed E-state index contributed by atoms with van der Waals surface area (Å²) < 4.78 is 2.08. The average molecular weight is 248 g/mol. The van der Waals surface area contributed by atoms with E-state index in [1.54, 1.807) is 0 Å². The largest absolute Gasteiger partial charge is 0.351 e. The second-order valence-corrected chi connectivity index (χ2v) is 5.76. The van der Waals surface area contributed by atoms with Crippen LogP contribution in [0.1, 0.15) is 41.0 Å². The minimum atomic E-state index is 0.248. The molecule has 3 heteroatoms. The molecule has 1 fully saturated rings. The van der Waals surface area contributed by atoms with E-state index in [4.69, 9.17) is 0 Å². The van der Waals surface area contributed by atoms with Gasteiger partial charge in [-0.1, -0.05) is 6.42 Å². The Morgan fingerprint density at radius 1 is 1.44 bits per heavy atom. The van der Waals surface area contributed by atoms with Gasteiger partial charge in [0.05, 0.1) is 6.54 Å². The predicted molar refractivity (Wildman–Crippen MR) is 74.1 cm³/mol. The SMILES string of the molecule is Cc1cc(C(=O)CN(C)CC2CCC2)c(C)n1C. The summed E-state index contributed by atoms with van der Waals surface area (Å²) in [7, 11) is 4.07. The van der Waals surface area contributed by atoms with Crippen LogP contribution in [0.4, 0.5) is 0 Å². The van der Waals surface area contributed by atoms with E-state index >= 15 is 0 Å². The Morgan fingerprint density at radius 2 is 2.11 bits per heavy atom. The molecule has 0 amide bonds.